The molecule has 10 heteroatoms. The molecule has 2 radical (unpaired) electrons. The first-order valence-electron chi connectivity index (χ1n) is 10.7. The van der Waals surface area contributed by atoms with Gasteiger partial charge in [0.05, 0.1) is 11.1 Å². The summed E-state index contributed by atoms with van der Waals surface area (Å²) in [6.45, 7) is 13.6. The van der Waals surface area contributed by atoms with Gasteiger partial charge in [-0.05, 0) is 73.3 Å². The SMILES string of the molecule is CC1(C)N([O])C(C#Cc2sc(C#CC3=[N+]([O-])C(C)(C)C(C)(C)N3[O])c3occc23)=[N+]([O-])C1(C)C. The van der Waals surface area contributed by atoms with Crippen molar-refractivity contribution in [3.05, 3.63) is 32.5 Å². The lowest BCUT2D eigenvalue weighted by Crippen LogP contribution is -2.53. The molecular formula is C24H26N4O5S. The maximum atomic E-state index is 12.7. The van der Waals surface area contributed by atoms with Crippen molar-refractivity contribution in [1.82, 2.24) is 10.1 Å². The Balaban J connectivity index is 1.75. The lowest BCUT2D eigenvalue weighted by atomic mass is 9.84. The molecule has 178 valence electrons. The number of rotatable bonds is 0. The molecule has 0 saturated carbocycles. The van der Waals surface area contributed by atoms with Crippen molar-refractivity contribution in [2.45, 2.75) is 77.5 Å². The summed E-state index contributed by atoms with van der Waals surface area (Å²) in [6.07, 6.45) is 1.48. The van der Waals surface area contributed by atoms with Gasteiger partial charge >= 0.3 is 11.7 Å². The number of amidine groups is 2. The second-order valence-electron chi connectivity index (χ2n) is 10.5. The van der Waals surface area contributed by atoms with Gasteiger partial charge in [0.15, 0.2) is 16.7 Å². The molecule has 0 saturated heterocycles. The Morgan fingerprint density at radius 2 is 1.24 bits per heavy atom. The van der Waals surface area contributed by atoms with Crippen LogP contribution in [-0.4, -0.2) is 53.4 Å². The highest BCUT2D eigenvalue weighted by Crippen LogP contribution is 2.37. The zero-order chi connectivity index (χ0) is 25.4. The molecule has 0 N–H and O–H groups in total. The Labute approximate surface area is 202 Å². The summed E-state index contributed by atoms with van der Waals surface area (Å²) in [5.41, 5.74) is -3.36. The van der Waals surface area contributed by atoms with E-state index in [9.17, 15) is 20.8 Å². The van der Waals surface area contributed by atoms with Gasteiger partial charge in [-0.1, -0.05) is 10.1 Å². The number of thiophene rings is 1. The zero-order valence-corrected chi connectivity index (χ0v) is 21.2. The molecule has 0 unspecified atom stereocenters. The van der Waals surface area contributed by atoms with Crippen LogP contribution < -0.4 is 0 Å². The fourth-order valence-corrected chi connectivity index (χ4v) is 4.62. The Morgan fingerprint density at radius 1 is 0.794 bits per heavy atom. The first-order chi connectivity index (χ1) is 15.6. The van der Waals surface area contributed by atoms with E-state index in [0.29, 0.717) is 40.3 Å². The molecule has 2 aliphatic rings. The van der Waals surface area contributed by atoms with Crippen LogP contribution in [0.1, 0.15) is 65.1 Å². The molecule has 34 heavy (non-hydrogen) atoms. The number of furan rings is 1. The van der Waals surface area contributed by atoms with Gasteiger partial charge in [-0.15, -0.1) is 11.3 Å². The molecule has 4 heterocycles. The summed E-state index contributed by atoms with van der Waals surface area (Å²) in [5.74, 6) is 10.9. The van der Waals surface area contributed by atoms with Crippen LogP contribution in [0.5, 0.6) is 0 Å². The summed E-state index contributed by atoms with van der Waals surface area (Å²) >= 11 is 1.20. The monoisotopic (exact) mass is 482 g/mol. The van der Waals surface area contributed by atoms with E-state index in [4.69, 9.17) is 4.42 Å². The van der Waals surface area contributed by atoms with Gasteiger partial charge in [-0.2, -0.15) is 0 Å². The predicted octanol–water partition coefficient (Wildman–Crippen LogP) is 3.45. The summed E-state index contributed by atoms with van der Waals surface area (Å²) < 4.78 is 6.85. The van der Waals surface area contributed by atoms with Crippen molar-refractivity contribution in [2.75, 3.05) is 0 Å². The van der Waals surface area contributed by atoms with E-state index in [1.807, 2.05) is 0 Å². The molecule has 2 aromatic rings. The van der Waals surface area contributed by atoms with Gasteiger partial charge in [0.1, 0.15) is 16.0 Å². The number of nitrogens with zero attached hydrogens (tertiary/aromatic N) is 4. The Bertz CT molecular complexity index is 1280. The summed E-state index contributed by atoms with van der Waals surface area (Å²) in [6, 6.07) is 1.72. The smallest absolute Gasteiger partial charge is 0.363 e. The Kier molecular flexibility index (Phi) is 5.05. The third kappa shape index (κ3) is 2.96. The van der Waals surface area contributed by atoms with Gasteiger partial charge < -0.3 is 14.8 Å². The van der Waals surface area contributed by atoms with Crippen LogP contribution in [0.15, 0.2) is 16.7 Å². The van der Waals surface area contributed by atoms with Gasteiger partial charge in [0.25, 0.3) is 0 Å². The molecule has 2 aliphatic heterocycles. The maximum absolute atomic E-state index is 12.7. The van der Waals surface area contributed by atoms with E-state index in [0.717, 1.165) is 0 Å². The van der Waals surface area contributed by atoms with Crippen molar-refractivity contribution in [1.29, 1.82) is 0 Å². The number of hydrogen-bond acceptors (Lipinski definition) is 6. The van der Waals surface area contributed by atoms with E-state index in [1.165, 1.54) is 17.6 Å². The molecule has 0 aromatic carbocycles. The van der Waals surface area contributed by atoms with E-state index in [2.05, 4.69) is 23.7 Å². The predicted molar refractivity (Wildman–Crippen MR) is 126 cm³/mol. The normalized spacial score (nSPS) is 22.2. The molecule has 0 aliphatic carbocycles. The van der Waals surface area contributed by atoms with Crippen molar-refractivity contribution >= 4 is 34.0 Å². The first-order valence-corrected chi connectivity index (χ1v) is 11.6. The fourth-order valence-electron chi connectivity index (χ4n) is 3.69. The average Bonchev–Trinajstić information content (AvgIpc) is 3.41. The van der Waals surface area contributed by atoms with Gasteiger partial charge in [0, 0.05) is 27.6 Å². The number of hydrogen-bond donors (Lipinski definition) is 0. The van der Waals surface area contributed by atoms with E-state index in [1.54, 1.807) is 61.5 Å². The van der Waals surface area contributed by atoms with Crippen LogP contribution in [-0.2, 0) is 10.4 Å². The Morgan fingerprint density at radius 3 is 1.65 bits per heavy atom. The summed E-state index contributed by atoms with van der Waals surface area (Å²) in [4.78, 5) is 1.04. The van der Waals surface area contributed by atoms with Crippen LogP contribution >= 0.6 is 11.3 Å². The highest BCUT2D eigenvalue weighted by molar-refractivity contribution is 7.14. The van der Waals surface area contributed by atoms with Crippen LogP contribution in [0.3, 0.4) is 0 Å². The fraction of sp³-hybridized carbons (Fsp3) is 0.500. The van der Waals surface area contributed by atoms with Crippen molar-refractivity contribution in [2.24, 2.45) is 0 Å². The maximum Gasteiger partial charge on any atom is 0.363 e. The average molecular weight is 483 g/mol. The van der Waals surface area contributed by atoms with Crippen LogP contribution in [0.4, 0.5) is 0 Å². The van der Waals surface area contributed by atoms with Crippen LogP contribution in [0.2, 0.25) is 0 Å². The van der Waals surface area contributed by atoms with Gasteiger partial charge in [-0.25, -0.2) is 9.48 Å². The third-order valence-corrected chi connectivity index (χ3v) is 8.71. The highest BCUT2D eigenvalue weighted by Gasteiger charge is 2.60. The Hall–Kier alpha value is -3.18. The third-order valence-electron chi connectivity index (χ3n) is 7.69. The minimum Gasteiger partial charge on any atom is -0.714 e. The van der Waals surface area contributed by atoms with Crippen molar-refractivity contribution in [3.8, 4) is 23.7 Å². The lowest BCUT2D eigenvalue weighted by Gasteiger charge is -2.32. The largest absolute Gasteiger partial charge is 0.714 e. The number of fused-ring (bicyclic) bond motifs is 1. The van der Waals surface area contributed by atoms with E-state index >= 15 is 0 Å². The molecule has 0 amide bonds. The lowest BCUT2D eigenvalue weighted by molar-refractivity contribution is -0.539. The minimum absolute atomic E-state index is 0.164. The van der Waals surface area contributed by atoms with Crippen molar-refractivity contribution < 1.29 is 24.3 Å². The molecule has 9 nitrogen and oxygen atoms in total. The minimum atomic E-state index is -0.959. The molecule has 0 fully saturated rings. The topological polar surface area (TPSA) is 112 Å². The molecular weight excluding hydrogens is 456 g/mol. The molecule has 0 atom stereocenters. The van der Waals surface area contributed by atoms with E-state index in [-0.39, 0.29) is 11.7 Å². The zero-order valence-electron chi connectivity index (χ0n) is 20.4. The quantitative estimate of drug-likeness (QED) is 0.324. The second-order valence-corrected chi connectivity index (χ2v) is 11.5. The van der Waals surface area contributed by atoms with Crippen molar-refractivity contribution in [3.63, 3.8) is 0 Å². The van der Waals surface area contributed by atoms with Crippen LogP contribution in [0, 0.1) is 34.1 Å². The number of hydroxylamine groups is 6. The molecule has 4 rings (SSSR count). The van der Waals surface area contributed by atoms with E-state index < -0.39 is 22.2 Å². The molecule has 0 spiro atoms. The standard InChI is InChI=1S/C24H26N4O5S/c1-21(2)22(3,4)26(30)18(25(21)29)11-9-16-15-13-14-33-20(15)17(34-16)10-12-19-27(31)23(5,6)24(7,8)28(19)32/h13-14H,1-8H3. The van der Waals surface area contributed by atoms with Gasteiger partial charge in [-0.3, -0.25) is 0 Å². The first kappa shape index (κ1) is 24.0. The van der Waals surface area contributed by atoms with Crippen LogP contribution in [0.25, 0.3) is 11.0 Å². The highest BCUT2D eigenvalue weighted by atomic mass is 32.1. The van der Waals surface area contributed by atoms with Gasteiger partial charge in [0.2, 0.25) is 0 Å². The summed E-state index contributed by atoms with van der Waals surface area (Å²) in [7, 11) is 0. The summed E-state index contributed by atoms with van der Waals surface area (Å²) in [5, 5.41) is 52.9. The molecule has 2 aromatic heterocycles. The second kappa shape index (κ2) is 7.16. The molecule has 0 bridgehead atoms.